The van der Waals surface area contributed by atoms with Gasteiger partial charge in [-0.1, -0.05) is 48.1 Å². The average molecular weight is 366 g/mol. The number of ether oxygens (including phenoxy) is 2. The Hall–Kier alpha value is -3.01. The second-order valence-corrected chi connectivity index (χ2v) is 6.29. The number of hydrogen-bond acceptors (Lipinski definition) is 4. The molecule has 142 valence electrons. The number of carbonyl (C=O) groups excluding carboxylic acids is 1. The SMILES string of the molecule is C=C(C)CCc1c(OC)cc(/C=C/c2ccccc2)c(C(=O)OCC)c1O. The average Bonchev–Trinajstić information content (AvgIpc) is 2.65. The molecule has 2 rings (SSSR count). The zero-order chi connectivity index (χ0) is 19.8. The van der Waals surface area contributed by atoms with Gasteiger partial charge in [-0.2, -0.15) is 0 Å². The number of benzene rings is 2. The predicted molar refractivity (Wildman–Crippen MR) is 109 cm³/mol. The Labute approximate surface area is 160 Å². The molecule has 0 amide bonds. The summed E-state index contributed by atoms with van der Waals surface area (Å²) in [6.07, 6.45) is 4.88. The third kappa shape index (κ3) is 5.23. The second kappa shape index (κ2) is 9.62. The highest BCUT2D eigenvalue weighted by molar-refractivity contribution is 5.98. The summed E-state index contributed by atoms with van der Waals surface area (Å²) in [6.45, 7) is 7.79. The van der Waals surface area contributed by atoms with Gasteiger partial charge < -0.3 is 14.6 Å². The Bertz CT molecular complexity index is 835. The van der Waals surface area contributed by atoms with Gasteiger partial charge in [0.05, 0.1) is 13.7 Å². The van der Waals surface area contributed by atoms with E-state index in [1.165, 1.54) is 0 Å². The second-order valence-electron chi connectivity index (χ2n) is 6.29. The van der Waals surface area contributed by atoms with Crippen molar-refractivity contribution >= 4 is 18.1 Å². The molecule has 0 atom stereocenters. The number of carbonyl (C=O) groups is 1. The van der Waals surface area contributed by atoms with Gasteiger partial charge in [0, 0.05) is 5.56 Å². The van der Waals surface area contributed by atoms with Crippen molar-refractivity contribution in [2.24, 2.45) is 0 Å². The van der Waals surface area contributed by atoms with Gasteiger partial charge in [-0.25, -0.2) is 4.79 Å². The number of phenols is 1. The quantitative estimate of drug-likeness (QED) is 0.393. The van der Waals surface area contributed by atoms with Crippen molar-refractivity contribution in [3.63, 3.8) is 0 Å². The van der Waals surface area contributed by atoms with E-state index in [2.05, 4.69) is 6.58 Å². The Balaban J connectivity index is 2.56. The molecule has 0 bridgehead atoms. The van der Waals surface area contributed by atoms with E-state index in [9.17, 15) is 9.90 Å². The number of allylic oxidation sites excluding steroid dienone is 1. The normalized spacial score (nSPS) is 10.8. The summed E-state index contributed by atoms with van der Waals surface area (Å²) in [4.78, 5) is 12.5. The number of aromatic hydroxyl groups is 1. The molecule has 0 aliphatic rings. The molecule has 0 radical (unpaired) electrons. The third-order valence-electron chi connectivity index (χ3n) is 4.15. The zero-order valence-electron chi connectivity index (χ0n) is 16.1. The predicted octanol–water partition coefficient (Wildman–Crippen LogP) is 5.26. The van der Waals surface area contributed by atoms with Crippen LogP contribution in [0.25, 0.3) is 12.2 Å². The van der Waals surface area contributed by atoms with Crippen LogP contribution in [0.15, 0.2) is 48.6 Å². The highest BCUT2D eigenvalue weighted by Crippen LogP contribution is 2.37. The molecular formula is C23H26O4. The van der Waals surface area contributed by atoms with Crippen LogP contribution in [-0.4, -0.2) is 24.8 Å². The van der Waals surface area contributed by atoms with Crippen molar-refractivity contribution in [3.05, 3.63) is 70.8 Å². The largest absolute Gasteiger partial charge is 0.507 e. The van der Waals surface area contributed by atoms with E-state index in [4.69, 9.17) is 9.47 Å². The molecule has 0 saturated heterocycles. The summed E-state index contributed by atoms with van der Waals surface area (Å²) in [5.41, 5.74) is 3.26. The van der Waals surface area contributed by atoms with Gasteiger partial charge in [0.1, 0.15) is 17.1 Å². The van der Waals surface area contributed by atoms with Crippen LogP contribution in [0.4, 0.5) is 0 Å². The summed E-state index contributed by atoms with van der Waals surface area (Å²) < 4.78 is 10.6. The molecule has 4 heteroatoms. The van der Waals surface area contributed by atoms with Crippen molar-refractivity contribution in [2.75, 3.05) is 13.7 Å². The topological polar surface area (TPSA) is 55.8 Å². The van der Waals surface area contributed by atoms with Crippen LogP contribution in [0.3, 0.4) is 0 Å². The Morgan fingerprint density at radius 3 is 2.52 bits per heavy atom. The lowest BCUT2D eigenvalue weighted by Crippen LogP contribution is -2.09. The van der Waals surface area contributed by atoms with Gasteiger partial charge in [-0.3, -0.25) is 0 Å². The highest BCUT2D eigenvalue weighted by Gasteiger charge is 2.23. The summed E-state index contributed by atoms with van der Waals surface area (Å²) in [5, 5.41) is 10.8. The maximum Gasteiger partial charge on any atom is 0.342 e. The maximum absolute atomic E-state index is 12.5. The van der Waals surface area contributed by atoms with Gasteiger partial charge in [-0.05, 0) is 43.9 Å². The molecule has 4 nitrogen and oxygen atoms in total. The molecule has 2 aromatic carbocycles. The minimum Gasteiger partial charge on any atom is -0.507 e. The van der Waals surface area contributed by atoms with E-state index in [-0.39, 0.29) is 17.9 Å². The van der Waals surface area contributed by atoms with E-state index in [1.807, 2.05) is 43.3 Å². The van der Waals surface area contributed by atoms with Crippen LogP contribution in [0, 0.1) is 0 Å². The molecule has 27 heavy (non-hydrogen) atoms. The zero-order valence-corrected chi connectivity index (χ0v) is 16.1. The molecule has 0 fully saturated rings. The fourth-order valence-electron chi connectivity index (χ4n) is 2.77. The lowest BCUT2D eigenvalue weighted by Gasteiger charge is -2.16. The molecule has 0 saturated carbocycles. The molecule has 0 aliphatic heterocycles. The van der Waals surface area contributed by atoms with Crippen molar-refractivity contribution in [1.29, 1.82) is 0 Å². The standard InChI is InChI=1S/C23H26O4/c1-5-27-23(25)21-18(13-12-17-9-7-6-8-10-17)15-20(26-4)19(22(21)24)14-11-16(2)3/h6-10,12-13,15,24H,2,5,11,14H2,1,3-4H3/b13-12+. The van der Waals surface area contributed by atoms with Crippen LogP contribution < -0.4 is 4.74 Å². The smallest absolute Gasteiger partial charge is 0.342 e. The fourth-order valence-corrected chi connectivity index (χ4v) is 2.77. The van der Waals surface area contributed by atoms with Crippen LogP contribution in [0.1, 0.15) is 47.3 Å². The first-order valence-corrected chi connectivity index (χ1v) is 8.95. The van der Waals surface area contributed by atoms with E-state index >= 15 is 0 Å². The van der Waals surface area contributed by atoms with Gasteiger partial charge in [0.2, 0.25) is 0 Å². The number of hydrogen-bond donors (Lipinski definition) is 1. The van der Waals surface area contributed by atoms with E-state index in [0.29, 0.717) is 29.7 Å². The molecule has 0 aliphatic carbocycles. The summed E-state index contributed by atoms with van der Waals surface area (Å²) in [7, 11) is 1.55. The first-order valence-electron chi connectivity index (χ1n) is 8.95. The molecule has 1 N–H and O–H groups in total. The summed E-state index contributed by atoms with van der Waals surface area (Å²) in [5.74, 6) is -0.113. The van der Waals surface area contributed by atoms with Gasteiger partial charge in [0.25, 0.3) is 0 Å². The van der Waals surface area contributed by atoms with Crippen LogP contribution in [-0.2, 0) is 11.2 Å². The third-order valence-corrected chi connectivity index (χ3v) is 4.15. The van der Waals surface area contributed by atoms with Crippen LogP contribution >= 0.6 is 0 Å². The molecule has 2 aromatic rings. The Morgan fingerprint density at radius 1 is 1.22 bits per heavy atom. The van der Waals surface area contributed by atoms with Crippen LogP contribution in [0.5, 0.6) is 11.5 Å². The van der Waals surface area contributed by atoms with Crippen molar-refractivity contribution in [2.45, 2.75) is 26.7 Å². The lowest BCUT2D eigenvalue weighted by atomic mass is 9.96. The van der Waals surface area contributed by atoms with E-state index < -0.39 is 5.97 Å². The van der Waals surface area contributed by atoms with Gasteiger partial charge in [-0.15, -0.1) is 6.58 Å². The van der Waals surface area contributed by atoms with Crippen molar-refractivity contribution < 1.29 is 19.4 Å². The molecule has 0 aromatic heterocycles. The number of esters is 1. The minimum absolute atomic E-state index is 0.0956. The highest BCUT2D eigenvalue weighted by atomic mass is 16.5. The number of rotatable bonds is 8. The van der Waals surface area contributed by atoms with Crippen molar-refractivity contribution in [3.8, 4) is 11.5 Å². The summed E-state index contributed by atoms with van der Waals surface area (Å²) in [6, 6.07) is 11.5. The monoisotopic (exact) mass is 366 g/mol. The number of methoxy groups -OCH3 is 1. The molecule has 0 heterocycles. The summed E-state index contributed by atoms with van der Waals surface area (Å²) >= 11 is 0. The first-order chi connectivity index (χ1) is 13.0. The minimum atomic E-state index is -0.554. The van der Waals surface area contributed by atoms with E-state index in [1.54, 1.807) is 26.2 Å². The molecule has 0 unspecified atom stereocenters. The van der Waals surface area contributed by atoms with E-state index in [0.717, 1.165) is 11.1 Å². The Morgan fingerprint density at radius 2 is 1.93 bits per heavy atom. The molecule has 0 spiro atoms. The Kier molecular flexibility index (Phi) is 7.24. The van der Waals surface area contributed by atoms with Crippen LogP contribution in [0.2, 0.25) is 0 Å². The molecular weight excluding hydrogens is 340 g/mol. The number of phenolic OH excluding ortho intramolecular Hbond substituents is 1. The van der Waals surface area contributed by atoms with Gasteiger partial charge >= 0.3 is 5.97 Å². The fraction of sp³-hybridized carbons (Fsp3) is 0.261. The van der Waals surface area contributed by atoms with Gasteiger partial charge in [0.15, 0.2) is 0 Å². The lowest BCUT2D eigenvalue weighted by molar-refractivity contribution is 0.0522. The first kappa shape index (κ1) is 20.3. The van der Waals surface area contributed by atoms with Crippen molar-refractivity contribution in [1.82, 2.24) is 0 Å². The maximum atomic E-state index is 12.5.